The van der Waals surface area contributed by atoms with Crippen molar-refractivity contribution in [2.75, 3.05) is 25.0 Å². The zero-order valence-electron chi connectivity index (χ0n) is 44.4. The Kier molecular flexibility index (Phi) is 12.3. The largest absolute Gasteiger partial charge is 0.505 e. The number of aryl methyl sites for hydroxylation is 2. The Morgan fingerprint density at radius 1 is 0.561 bits per heavy atom. The molecule has 6 N–H and O–H groups in total. The molecule has 10 aromatic carbocycles. The number of phenolic OH excluding ortho intramolecular Hbond substituents is 2. The number of para-hydroxylation sites is 2. The van der Waals surface area contributed by atoms with Gasteiger partial charge in [-0.15, -0.1) is 10.2 Å². The van der Waals surface area contributed by atoms with E-state index in [9.17, 15) is 25.5 Å². The van der Waals surface area contributed by atoms with Crippen molar-refractivity contribution in [3.63, 3.8) is 0 Å². The number of aromatic nitrogens is 2. The highest BCUT2D eigenvalue weighted by Gasteiger charge is 2.29. The number of rotatable bonds is 12. The fourth-order valence-electron chi connectivity index (χ4n) is 11.1. The van der Waals surface area contributed by atoms with Crippen molar-refractivity contribution in [3.8, 4) is 46.3 Å². The van der Waals surface area contributed by atoms with Crippen LogP contribution in [0.5, 0.6) is 23.0 Å². The van der Waals surface area contributed by atoms with Gasteiger partial charge in [0.15, 0.2) is 5.75 Å². The first kappa shape index (κ1) is 50.2. The number of carbonyl (C=O) groups is 1. The van der Waals surface area contributed by atoms with Crippen LogP contribution < -0.4 is 20.3 Å². The van der Waals surface area contributed by atoms with Gasteiger partial charge in [-0.3, -0.25) is 15.1 Å². The molecule has 0 radical (unpaired) electrons. The minimum absolute atomic E-state index is 0.0114. The van der Waals surface area contributed by atoms with E-state index in [4.69, 9.17) is 34.8 Å². The van der Waals surface area contributed by atoms with Crippen LogP contribution in [0.25, 0.3) is 81.9 Å². The number of nitriles is 2. The van der Waals surface area contributed by atoms with Gasteiger partial charge in [0.25, 0.3) is 5.91 Å². The summed E-state index contributed by atoms with van der Waals surface area (Å²) in [6, 6.07) is 52.9. The van der Waals surface area contributed by atoms with Gasteiger partial charge < -0.3 is 35.0 Å². The number of anilines is 2. The van der Waals surface area contributed by atoms with Crippen molar-refractivity contribution in [2.45, 2.75) is 20.5 Å². The molecule has 0 unspecified atom stereocenters. The Morgan fingerprint density at radius 2 is 1.11 bits per heavy atom. The molecule has 82 heavy (non-hydrogen) atoms. The van der Waals surface area contributed by atoms with E-state index in [-0.39, 0.29) is 40.6 Å². The Hall–Kier alpha value is -11.3. The van der Waals surface area contributed by atoms with E-state index in [2.05, 4.69) is 32.9 Å². The van der Waals surface area contributed by atoms with Crippen LogP contribution in [0.3, 0.4) is 0 Å². The van der Waals surface area contributed by atoms with Crippen LogP contribution in [0.15, 0.2) is 184 Å². The van der Waals surface area contributed by atoms with Gasteiger partial charge in [-0.05, 0) is 143 Å². The Balaban J connectivity index is 0.887. The van der Waals surface area contributed by atoms with E-state index in [1.54, 1.807) is 68.8 Å². The maximum Gasteiger partial charge on any atom is 0.259 e. The standard InChI is InChI=1S/C66H46N10O6/c1-34-25-42(80-3)17-23-53(34)71-66(79)52-28-37-14-20-49-46-10-6-8-12-56(46)70-61(49)59(37)63(65(52)78)75-72-40-16-22-47-50(29-40)44-21-15-41(30-51(44)57(47)39(31-67)32-68)73-74-62-58-36(13-19-48-45-9-5-7-11-55(45)69-60(48)58)27-38(64(62)77)33-82-76-54-24-18-43(81-4)26-35(54)2/h5-30,69-70,76-78H,33H2,1-4H3,(H,71,79). The maximum absolute atomic E-state index is 14.1. The molecular formula is C66H46N10O6. The van der Waals surface area contributed by atoms with E-state index in [1.807, 2.05) is 117 Å². The molecule has 2 aromatic heterocycles. The molecule has 0 bridgehead atoms. The van der Waals surface area contributed by atoms with Crippen LogP contribution in [0.4, 0.5) is 34.1 Å². The van der Waals surface area contributed by atoms with E-state index < -0.39 is 5.91 Å². The molecule has 16 heteroatoms. The van der Waals surface area contributed by atoms with Gasteiger partial charge in [0.2, 0.25) is 0 Å². The van der Waals surface area contributed by atoms with Crippen LogP contribution in [0.2, 0.25) is 0 Å². The number of ether oxygens (including phenoxy) is 2. The number of hydrogen-bond donors (Lipinski definition) is 6. The molecule has 13 rings (SSSR count). The molecule has 0 aliphatic heterocycles. The van der Waals surface area contributed by atoms with Crippen LogP contribution in [-0.4, -0.2) is 40.3 Å². The lowest BCUT2D eigenvalue weighted by Gasteiger charge is -2.14. The average Bonchev–Trinajstić information content (AvgIpc) is 2.91. The fourth-order valence-corrected chi connectivity index (χ4v) is 11.1. The lowest BCUT2D eigenvalue weighted by atomic mass is 9.99. The molecule has 0 saturated carbocycles. The van der Waals surface area contributed by atoms with Gasteiger partial charge in [0.1, 0.15) is 52.9 Å². The third-order valence-corrected chi connectivity index (χ3v) is 15.1. The van der Waals surface area contributed by atoms with E-state index in [1.165, 1.54) is 0 Å². The predicted octanol–water partition coefficient (Wildman–Crippen LogP) is 16.8. The number of fused-ring (bicyclic) bond motifs is 13. The van der Waals surface area contributed by atoms with E-state index in [0.717, 1.165) is 60.3 Å². The topological polar surface area (TPSA) is 238 Å². The van der Waals surface area contributed by atoms with Gasteiger partial charge in [0.05, 0.1) is 47.9 Å². The minimum Gasteiger partial charge on any atom is -0.505 e. The van der Waals surface area contributed by atoms with Crippen molar-refractivity contribution in [1.82, 2.24) is 9.97 Å². The van der Waals surface area contributed by atoms with Gasteiger partial charge in [-0.1, -0.05) is 72.8 Å². The van der Waals surface area contributed by atoms with Gasteiger partial charge in [-0.2, -0.15) is 20.8 Å². The van der Waals surface area contributed by atoms with Crippen molar-refractivity contribution in [2.24, 2.45) is 20.5 Å². The monoisotopic (exact) mass is 1070 g/mol. The number of methoxy groups -OCH3 is 2. The molecule has 1 aliphatic rings. The number of azo groups is 2. The number of amides is 1. The molecule has 1 aliphatic carbocycles. The summed E-state index contributed by atoms with van der Waals surface area (Å²) >= 11 is 0. The quantitative estimate of drug-likeness (QED) is 0.0387. The number of H-pyrrole nitrogens is 2. The summed E-state index contributed by atoms with van der Waals surface area (Å²) in [5, 5.41) is 73.4. The number of aromatic hydroxyl groups is 2. The number of phenols is 2. The number of nitrogens with one attached hydrogen (secondary N) is 4. The highest BCUT2D eigenvalue weighted by molar-refractivity contribution is 6.23. The molecule has 396 valence electrons. The van der Waals surface area contributed by atoms with E-state index >= 15 is 0 Å². The molecule has 0 atom stereocenters. The molecule has 12 aromatic rings. The minimum atomic E-state index is -0.553. The summed E-state index contributed by atoms with van der Waals surface area (Å²) in [6.45, 7) is 3.75. The predicted molar refractivity (Wildman–Crippen MR) is 319 cm³/mol. The van der Waals surface area contributed by atoms with Gasteiger partial charge in [-0.25, -0.2) is 0 Å². The third-order valence-electron chi connectivity index (χ3n) is 15.1. The number of allylic oxidation sites excluding steroid dienone is 1. The average molecular weight is 1080 g/mol. The first-order chi connectivity index (χ1) is 40.0. The fraction of sp³-hybridized carbons (Fsp3) is 0.0758. The van der Waals surface area contributed by atoms with Crippen LogP contribution in [0.1, 0.15) is 38.2 Å². The molecule has 2 heterocycles. The molecule has 0 spiro atoms. The second kappa shape index (κ2) is 20.2. The summed E-state index contributed by atoms with van der Waals surface area (Å²) in [5.41, 5.74) is 13.5. The summed E-state index contributed by atoms with van der Waals surface area (Å²) in [6.07, 6.45) is 0. The van der Waals surface area contributed by atoms with Gasteiger partial charge in [0, 0.05) is 60.2 Å². The summed E-state index contributed by atoms with van der Waals surface area (Å²) in [4.78, 5) is 27.2. The summed E-state index contributed by atoms with van der Waals surface area (Å²) in [7, 11) is 3.18. The zero-order valence-corrected chi connectivity index (χ0v) is 44.4. The van der Waals surface area contributed by atoms with Crippen molar-refractivity contribution < 1.29 is 29.3 Å². The van der Waals surface area contributed by atoms with Crippen molar-refractivity contribution in [3.05, 3.63) is 197 Å². The molecule has 16 nitrogen and oxygen atoms in total. The maximum atomic E-state index is 14.1. The zero-order chi connectivity index (χ0) is 56.3. The highest BCUT2D eigenvalue weighted by atomic mass is 16.6. The first-order valence-corrected chi connectivity index (χ1v) is 26.0. The Labute approximate surface area is 467 Å². The van der Waals surface area contributed by atoms with Crippen LogP contribution in [-0.2, 0) is 11.4 Å². The molecule has 1 amide bonds. The van der Waals surface area contributed by atoms with Gasteiger partial charge >= 0.3 is 0 Å². The summed E-state index contributed by atoms with van der Waals surface area (Å²) in [5.74, 6) is 0.293. The Bertz CT molecular complexity index is 4890. The highest BCUT2D eigenvalue weighted by Crippen LogP contribution is 2.50. The number of nitrogens with zero attached hydrogens (tertiary/aromatic N) is 6. The summed E-state index contributed by atoms with van der Waals surface area (Å²) < 4.78 is 10.7. The molecule has 0 saturated heterocycles. The first-order valence-electron chi connectivity index (χ1n) is 26.0. The van der Waals surface area contributed by atoms with E-state index in [0.29, 0.717) is 83.6 Å². The Morgan fingerprint density at radius 3 is 1.70 bits per heavy atom. The van der Waals surface area contributed by atoms with Crippen molar-refractivity contribution in [1.29, 1.82) is 10.5 Å². The normalized spacial score (nSPS) is 12.0. The molecular weight excluding hydrogens is 1030 g/mol. The number of benzene rings is 10. The lowest BCUT2D eigenvalue weighted by molar-refractivity contribution is 0.102. The number of carbonyl (C=O) groups excluding carboxylic acids is 1. The smallest absolute Gasteiger partial charge is 0.259 e. The van der Waals surface area contributed by atoms with Crippen LogP contribution in [0, 0.1) is 36.5 Å². The second-order valence-electron chi connectivity index (χ2n) is 19.9. The number of hydrogen-bond acceptors (Lipinski definition) is 13. The second-order valence-corrected chi connectivity index (χ2v) is 19.9. The number of aromatic amines is 2. The SMILES string of the molecule is COc1ccc(NOCc2cc3ccc4c5ccccc5[nH]c4c3c(N=Nc3ccc4c(c3)C(=C(C#N)C#N)c3ccc(N=Nc5c(O)c(C(=O)Nc6ccc(OC)cc6C)cc6ccc7c8ccccc8[nH]c7c56)cc3-4)c2O)c(C)c1. The lowest BCUT2D eigenvalue weighted by Crippen LogP contribution is -2.13. The van der Waals surface area contributed by atoms with Crippen molar-refractivity contribution >= 4 is 111 Å². The third kappa shape index (κ3) is 8.47. The van der Waals surface area contributed by atoms with Crippen LogP contribution >= 0.6 is 0 Å². The molecule has 0 fully saturated rings.